The molecule has 0 saturated carbocycles. The van der Waals surface area contributed by atoms with Gasteiger partial charge in [-0.1, -0.05) is 127 Å². The lowest BCUT2D eigenvalue weighted by molar-refractivity contribution is 0.633. The summed E-state index contributed by atoms with van der Waals surface area (Å²) in [4.78, 5) is 0. The third-order valence-corrected chi connectivity index (χ3v) is 10.4. The van der Waals surface area contributed by atoms with Crippen molar-refractivity contribution >= 4 is 76.2 Å². The standard InChI is InChI=1S/C48H28O2/c1-2-11-29(12-3-1)45-36-17-6-8-19-38(36)46(39-20-9-7-18-37(39)45)34-16-10-15-30(25-34)33-21-22-35-40-23-24-41-42-26-31-13-4-5-14-32(31)27-44(42)50-48(41)47(40)49-43(35)28-33/h1-28H. The highest BCUT2D eigenvalue weighted by Crippen LogP contribution is 2.45. The van der Waals surface area contributed by atoms with Crippen LogP contribution in [0.3, 0.4) is 0 Å². The van der Waals surface area contributed by atoms with Crippen molar-refractivity contribution in [3.8, 4) is 33.4 Å². The number of fused-ring (bicyclic) bond motifs is 10. The molecule has 11 rings (SSSR count). The Morgan fingerprint density at radius 2 is 0.740 bits per heavy atom. The monoisotopic (exact) mass is 636 g/mol. The molecular weight excluding hydrogens is 609 g/mol. The zero-order chi connectivity index (χ0) is 32.8. The fourth-order valence-electron chi connectivity index (χ4n) is 8.14. The van der Waals surface area contributed by atoms with E-state index in [0.29, 0.717) is 0 Å². The maximum Gasteiger partial charge on any atom is 0.178 e. The molecule has 0 spiro atoms. The summed E-state index contributed by atoms with van der Waals surface area (Å²) in [5.41, 5.74) is 10.5. The van der Waals surface area contributed by atoms with Gasteiger partial charge >= 0.3 is 0 Å². The quantitative estimate of drug-likeness (QED) is 0.180. The van der Waals surface area contributed by atoms with Crippen molar-refractivity contribution in [1.82, 2.24) is 0 Å². The van der Waals surface area contributed by atoms with E-state index in [9.17, 15) is 0 Å². The minimum atomic E-state index is 0.792. The van der Waals surface area contributed by atoms with Gasteiger partial charge in [0.15, 0.2) is 11.2 Å². The fraction of sp³-hybridized carbons (Fsp3) is 0. The highest BCUT2D eigenvalue weighted by molar-refractivity contribution is 6.22. The number of benzene rings is 9. The molecule has 2 nitrogen and oxygen atoms in total. The zero-order valence-corrected chi connectivity index (χ0v) is 27.0. The van der Waals surface area contributed by atoms with Crippen LogP contribution in [0.25, 0.3) is 110 Å². The molecule has 50 heavy (non-hydrogen) atoms. The van der Waals surface area contributed by atoms with E-state index in [4.69, 9.17) is 8.83 Å². The third kappa shape index (κ3) is 3.96. The topological polar surface area (TPSA) is 26.3 Å². The molecule has 0 amide bonds. The van der Waals surface area contributed by atoms with Gasteiger partial charge in [-0.3, -0.25) is 0 Å². The Labute approximate surface area is 287 Å². The van der Waals surface area contributed by atoms with E-state index in [2.05, 4.69) is 170 Å². The largest absolute Gasteiger partial charge is 0.452 e. The summed E-state index contributed by atoms with van der Waals surface area (Å²) in [5, 5.41) is 11.7. The van der Waals surface area contributed by atoms with Crippen molar-refractivity contribution in [2.45, 2.75) is 0 Å². The molecule has 0 aliphatic rings. The van der Waals surface area contributed by atoms with Gasteiger partial charge in [0, 0.05) is 21.5 Å². The molecule has 2 aromatic heterocycles. The summed E-state index contributed by atoms with van der Waals surface area (Å²) in [6, 6.07) is 61.0. The Kier molecular flexibility index (Phi) is 5.70. The van der Waals surface area contributed by atoms with Gasteiger partial charge in [0.05, 0.1) is 0 Å². The van der Waals surface area contributed by atoms with Crippen LogP contribution in [0, 0.1) is 0 Å². The Hall–Kier alpha value is -6.64. The highest BCUT2D eigenvalue weighted by atomic mass is 16.4. The molecule has 11 aromatic rings. The summed E-state index contributed by atoms with van der Waals surface area (Å²) in [6.45, 7) is 0. The summed E-state index contributed by atoms with van der Waals surface area (Å²) >= 11 is 0. The molecule has 2 heteroatoms. The summed E-state index contributed by atoms with van der Waals surface area (Å²) in [6.07, 6.45) is 0. The molecule has 0 aliphatic carbocycles. The van der Waals surface area contributed by atoms with E-state index in [-0.39, 0.29) is 0 Å². The number of furan rings is 2. The molecule has 0 unspecified atom stereocenters. The van der Waals surface area contributed by atoms with E-state index in [1.54, 1.807) is 0 Å². The van der Waals surface area contributed by atoms with Gasteiger partial charge < -0.3 is 8.83 Å². The Morgan fingerprint density at radius 3 is 1.42 bits per heavy atom. The van der Waals surface area contributed by atoms with Crippen molar-refractivity contribution in [3.63, 3.8) is 0 Å². The molecule has 9 aromatic carbocycles. The van der Waals surface area contributed by atoms with E-state index >= 15 is 0 Å². The van der Waals surface area contributed by atoms with Crippen LogP contribution in [-0.2, 0) is 0 Å². The maximum atomic E-state index is 6.65. The molecule has 0 fully saturated rings. The maximum absolute atomic E-state index is 6.65. The molecule has 0 radical (unpaired) electrons. The molecular formula is C48H28O2. The first-order valence-electron chi connectivity index (χ1n) is 17.1. The summed E-state index contributed by atoms with van der Waals surface area (Å²) in [5.74, 6) is 0. The van der Waals surface area contributed by atoms with Crippen molar-refractivity contribution in [3.05, 3.63) is 170 Å². The van der Waals surface area contributed by atoms with E-state index in [1.165, 1.54) is 54.6 Å². The smallest absolute Gasteiger partial charge is 0.178 e. The number of hydrogen-bond donors (Lipinski definition) is 0. The normalized spacial score (nSPS) is 12.0. The number of hydrogen-bond acceptors (Lipinski definition) is 2. The van der Waals surface area contributed by atoms with Crippen LogP contribution in [-0.4, -0.2) is 0 Å². The minimum Gasteiger partial charge on any atom is -0.452 e. The van der Waals surface area contributed by atoms with Gasteiger partial charge in [0.1, 0.15) is 11.2 Å². The molecule has 0 bridgehead atoms. The predicted molar refractivity (Wildman–Crippen MR) is 210 cm³/mol. The average molecular weight is 637 g/mol. The van der Waals surface area contributed by atoms with Crippen LogP contribution in [0.1, 0.15) is 0 Å². The molecule has 0 aliphatic heterocycles. The Bertz CT molecular complexity index is 3080. The van der Waals surface area contributed by atoms with Crippen LogP contribution in [0.5, 0.6) is 0 Å². The molecule has 0 saturated heterocycles. The minimum absolute atomic E-state index is 0.792. The van der Waals surface area contributed by atoms with Crippen molar-refractivity contribution < 1.29 is 8.83 Å². The van der Waals surface area contributed by atoms with Crippen molar-refractivity contribution in [2.75, 3.05) is 0 Å². The molecule has 0 N–H and O–H groups in total. The van der Waals surface area contributed by atoms with Crippen molar-refractivity contribution in [2.24, 2.45) is 0 Å². The van der Waals surface area contributed by atoms with Gasteiger partial charge in [0.2, 0.25) is 0 Å². The molecule has 232 valence electrons. The van der Waals surface area contributed by atoms with Crippen LogP contribution < -0.4 is 0 Å². The van der Waals surface area contributed by atoms with Gasteiger partial charge in [-0.25, -0.2) is 0 Å². The van der Waals surface area contributed by atoms with E-state index in [0.717, 1.165) is 55.0 Å². The third-order valence-electron chi connectivity index (χ3n) is 10.4. The van der Waals surface area contributed by atoms with Crippen LogP contribution in [0.2, 0.25) is 0 Å². The van der Waals surface area contributed by atoms with E-state index in [1.807, 2.05) is 0 Å². The van der Waals surface area contributed by atoms with Gasteiger partial charge in [-0.15, -0.1) is 0 Å². The SMILES string of the molecule is c1ccc(-c2c3ccccc3c(-c3cccc(-c4ccc5c(c4)oc4c5ccc5c6cc7ccccc7cc6oc54)c3)c3ccccc23)cc1. The lowest BCUT2D eigenvalue weighted by Gasteiger charge is -2.18. The Balaban J connectivity index is 1.08. The zero-order valence-electron chi connectivity index (χ0n) is 27.0. The van der Waals surface area contributed by atoms with Gasteiger partial charge in [-0.05, 0) is 108 Å². The van der Waals surface area contributed by atoms with E-state index < -0.39 is 0 Å². The lowest BCUT2D eigenvalue weighted by atomic mass is 9.85. The van der Waals surface area contributed by atoms with Crippen LogP contribution >= 0.6 is 0 Å². The average Bonchev–Trinajstić information content (AvgIpc) is 3.74. The van der Waals surface area contributed by atoms with Gasteiger partial charge in [-0.2, -0.15) is 0 Å². The lowest BCUT2D eigenvalue weighted by Crippen LogP contribution is -1.91. The second-order valence-electron chi connectivity index (χ2n) is 13.2. The number of rotatable bonds is 3. The summed E-state index contributed by atoms with van der Waals surface area (Å²) in [7, 11) is 0. The van der Waals surface area contributed by atoms with Crippen LogP contribution in [0.15, 0.2) is 179 Å². The first-order valence-corrected chi connectivity index (χ1v) is 17.1. The predicted octanol–water partition coefficient (Wildman–Crippen LogP) is 13.9. The molecule has 2 heterocycles. The van der Waals surface area contributed by atoms with Crippen LogP contribution in [0.4, 0.5) is 0 Å². The fourth-order valence-corrected chi connectivity index (χ4v) is 8.14. The Morgan fingerprint density at radius 1 is 0.260 bits per heavy atom. The summed E-state index contributed by atoms with van der Waals surface area (Å²) < 4.78 is 13.1. The van der Waals surface area contributed by atoms with Crippen molar-refractivity contribution in [1.29, 1.82) is 0 Å². The second kappa shape index (κ2) is 10.4. The van der Waals surface area contributed by atoms with Gasteiger partial charge in [0.25, 0.3) is 0 Å². The first-order chi connectivity index (χ1) is 24.8. The second-order valence-corrected chi connectivity index (χ2v) is 13.2. The molecule has 0 atom stereocenters. The highest BCUT2D eigenvalue weighted by Gasteiger charge is 2.19. The first kappa shape index (κ1) is 27.3.